The molecule has 2 aromatic carbocycles. The molecular weight excluding hydrogens is 361 g/mol. The van der Waals surface area contributed by atoms with Crippen LogP contribution in [0.5, 0.6) is 0 Å². The molecule has 3 atom stereocenters. The third-order valence-electron chi connectivity index (χ3n) is 5.96. The maximum atomic E-state index is 13.5. The fourth-order valence-electron chi connectivity index (χ4n) is 4.63. The van der Waals surface area contributed by atoms with Gasteiger partial charge in [-0.2, -0.15) is 0 Å². The zero-order chi connectivity index (χ0) is 19.4. The molecule has 0 aromatic heterocycles. The van der Waals surface area contributed by atoms with E-state index in [0.29, 0.717) is 12.8 Å². The van der Waals surface area contributed by atoms with E-state index in [1.165, 1.54) is 6.07 Å². The Morgan fingerprint density at radius 2 is 1.96 bits per heavy atom. The predicted molar refractivity (Wildman–Crippen MR) is 110 cm³/mol. The summed E-state index contributed by atoms with van der Waals surface area (Å²) in [7, 11) is 4.10. The molecule has 1 aliphatic carbocycles. The molecule has 0 aliphatic heterocycles. The van der Waals surface area contributed by atoms with Gasteiger partial charge in [0, 0.05) is 17.0 Å². The number of halogens is 2. The Labute approximate surface area is 167 Å². The van der Waals surface area contributed by atoms with Gasteiger partial charge >= 0.3 is 0 Å². The summed E-state index contributed by atoms with van der Waals surface area (Å²) in [5.74, 6) is -0.128. The van der Waals surface area contributed by atoms with E-state index < -0.39 is 5.60 Å². The molecule has 1 N–H and O–H groups in total. The number of aliphatic hydroxyl groups is 1. The molecule has 3 rings (SSSR count). The molecule has 1 aliphatic rings. The van der Waals surface area contributed by atoms with Crippen molar-refractivity contribution >= 4 is 11.6 Å². The average Bonchev–Trinajstić information content (AvgIpc) is 2.63. The minimum Gasteiger partial charge on any atom is -0.390 e. The van der Waals surface area contributed by atoms with Gasteiger partial charge in [-0.1, -0.05) is 54.8 Å². The molecule has 27 heavy (non-hydrogen) atoms. The SMILES string of the molecule is CN(C)C(c1ccccc1Cl)C1CCCCC1(O)CCc1cccc(F)c1. The normalized spacial score (nSPS) is 24.1. The molecule has 0 saturated heterocycles. The van der Waals surface area contributed by atoms with Gasteiger partial charge in [-0.25, -0.2) is 4.39 Å². The zero-order valence-corrected chi connectivity index (χ0v) is 16.9. The Bertz CT molecular complexity index is 766. The molecule has 2 aromatic rings. The summed E-state index contributed by atoms with van der Waals surface area (Å²) in [6.45, 7) is 0. The summed E-state index contributed by atoms with van der Waals surface area (Å²) in [5, 5.41) is 12.4. The molecule has 0 radical (unpaired) electrons. The van der Waals surface area contributed by atoms with Crippen LogP contribution in [0.1, 0.15) is 49.3 Å². The fourth-order valence-corrected chi connectivity index (χ4v) is 4.88. The first-order chi connectivity index (χ1) is 12.9. The third kappa shape index (κ3) is 4.71. The molecule has 3 unspecified atom stereocenters. The van der Waals surface area contributed by atoms with Crippen molar-refractivity contribution in [1.82, 2.24) is 4.90 Å². The highest BCUT2D eigenvalue weighted by Gasteiger charge is 2.44. The van der Waals surface area contributed by atoms with E-state index in [9.17, 15) is 9.50 Å². The van der Waals surface area contributed by atoms with Crippen LogP contribution in [0.2, 0.25) is 5.02 Å². The van der Waals surface area contributed by atoms with Crippen molar-refractivity contribution in [1.29, 1.82) is 0 Å². The summed E-state index contributed by atoms with van der Waals surface area (Å²) in [6, 6.07) is 14.7. The van der Waals surface area contributed by atoms with Gasteiger partial charge in [0.1, 0.15) is 5.82 Å². The van der Waals surface area contributed by atoms with Crippen molar-refractivity contribution in [3.05, 3.63) is 70.5 Å². The molecule has 0 spiro atoms. The van der Waals surface area contributed by atoms with Crippen molar-refractivity contribution < 1.29 is 9.50 Å². The van der Waals surface area contributed by atoms with Crippen molar-refractivity contribution in [3.63, 3.8) is 0 Å². The number of aryl methyl sites for hydroxylation is 1. The number of rotatable bonds is 6. The maximum Gasteiger partial charge on any atom is 0.123 e. The van der Waals surface area contributed by atoms with Crippen LogP contribution in [0.3, 0.4) is 0 Å². The van der Waals surface area contributed by atoms with Crippen LogP contribution in [-0.4, -0.2) is 29.7 Å². The van der Waals surface area contributed by atoms with Crippen LogP contribution in [0.25, 0.3) is 0 Å². The lowest BCUT2D eigenvalue weighted by Crippen LogP contribution is -2.47. The summed E-state index contributed by atoms with van der Waals surface area (Å²) < 4.78 is 13.5. The van der Waals surface area contributed by atoms with Crippen LogP contribution < -0.4 is 0 Å². The van der Waals surface area contributed by atoms with E-state index in [0.717, 1.165) is 41.8 Å². The summed E-state index contributed by atoms with van der Waals surface area (Å²) in [5.41, 5.74) is 1.23. The van der Waals surface area contributed by atoms with Gasteiger partial charge in [0.15, 0.2) is 0 Å². The van der Waals surface area contributed by atoms with Gasteiger partial charge in [-0.05, 0) is 69.1 Å². The number of benzene rings is 2. The van der Waals surface area contributed by atoms with Crippen molar-refractivity contribution in [3.8, 4) is 0 Å². The van der Waals surface area contributed by atoms with Crippen LogP contribution in [0.15, 0.2) is 48.5 Å². The number of hydrogen-bond acceptors (Lipinski definition) is 2. The highest BCUT2D eigenvalue weighted by molar-refractivity contribution is 6.31. The highest BCUT2D eigenvalue weighted by Crippen LogP contribution is 2.46. The molecular formula is C23H29ClFNO. The van der Waals surface area contributed by atoms with Crippen molar-refractivity contribution in [2.75, 3.05) is 14.1 Å². The molecule has 0 amide bonds. The second-order valence-electron chi connectivity index (χ2n) is 8.02. The molecule has 146 valence electrons. The highest BCUT2D eigenvalue weighted by atomic mass is 35.5. The van der Waals surface area contributed by atoms with Gasteiger partial charge in [0.05, 0.1) is 5.60 Å². The lowest BCUT2D eigenvalue weighted by Gasteiger charge is -2.46. The standard InChI is InChI=1S/C23H29ClFNO/c1-26(2)22(19-10-3-4-12-21(19)24)20-11-5-6-14-23(20,27)15-13-17-8-7-9-18(25)16-17/h3-4,7-10,12,16,20,22,27H,5-6,11,13-15H2,1-2H3. The third-order valence-corrected chi connectivity index (χ3v) is 6.31. The lowest BCUT2D eigenvalue weighted by atomic mass is 9.67. The quantitative estimate of drug-likeness (QED) is 0.691. The molecule has 0 heterocycles. The largest absolute Gasteiger partial charge is 0.390 e. The molecule has 2 nitrogen and oxygen atoms in total. The fraction of sp³-hybridized carbons (Fsp3) is 0.478. The predicted octanol–water partition coefficient (Wildman–Crippen LogP) is 5.64. The Morgan fingerprint density at radius 3 is 2.67 bits per heavy atom. The van der Waals surface area contributed by atoms with Crippen LogP contribution >= 0.6 is 11.6 Å². The smallest absolute Gasteiger partial charge is 0.123 e. The minimum atomic E-state index is -0.779. The zero-order valence-electron chi connectivity index (χ0n) is 16.2. The summed E-state index contributed by atoms with van der Waals surface area (Å²) in [4.78, 5) is 2.17. The minimum absolute atomic E-state index is 0.0523. The Balaban J connectivity index is 1.87. The van der Waals surface area contributed by atoms with Crippen molar-refractivity contribution in [2.45, 2.75) is 50.2 Å². The van der Waals surface area contributed by atoms with Crippen LogP contribution in [0.4, 0.5) is 4.39 Å². The monoisotopic (exact) mass is 389 g/mol. The first-order valence-electron chi connectivity index (χ1n) is 9.78. The Kier molecular flexibility index (Phi) is 6.56. The van der Waals surface area contributed by atoms with Gasteiger partial charge in [0.25, 0.3) is 0 Å². The molecule has 4 heteroatoms. The van der Waals surface area contributed by atoms with Gasteiger partial charge in [-0.15, -0.1) is 0 Å². The number of hydrogen-bond donors (Lipinski definition) is 1. The van der Waals surface area contributed by atoms with Crippen LogP contribution in [0, 0.1) is 11.7 Å². The average molecular weight is 390 g/mol. The van der Waals surface area contributed by atoms with E-state index in [-0.39, 0.29) is 17.8 Å². The second-order valence-corrected chi connectivity index (χ2v) is 8.42. The lowest BCUT2D eigenvalue weighted by molar-refractivity contribution is -0.0828. The number of nitrogens with zero attached hydrogens (tertiary/aromatic N) is 1. The van der Waals surface area contributed by atoms with Gasteiger partial charge < -0.3 is 10.0 Å². The Morgan fingerprint density at radius 1 is 1.19 bits per heavy atom. The van der Waals surface area contributed by atoms with E-state index in [2.05, 4.69) is 25.1 Å². The first-order valence-corrected chi connectivity index (χ1v) is 10.2. The first kappa shape index (κ1) is 20.3. The van der Waals surface area contributed by atoms with Gasteiger partial charge in [-0.3, -0.25) is 0 Å². The Hall–Kier alpha value is -1.42. The molecule has 1 saturated carbocycles. The molecule has 0 bridgehead atoms. The summed E-state index contributed by atoms with van der Waals surface area (Å²) >= 11 is 6.52. The van der Waals surface area contributed by atoms with E-state index in [1.54, 1.807) is 12.1 Å². The summed E-state index contributed by atoms with van der Waals surface area (Å²) in [6.07, 6.45) is 5.19. The maximum absolute atomic E-state index is 13.5. The van der Waals surface area contributed by atoms with Crippen LogP contribution in [-0.2, 0) is 6.42 Å². The van der Waals surface area contributed by atoms with Crippen molar-refractivity contribution in [2.24, 2.45) is 5.92 Å². The van der Waals surface area contributed by atoms with E-state index in [4.69, 9.17) is 11.6 Å². The molecule has 1 fully saturated rings. The second kappa shape index (κ2) is 8.72. The topological polar surface area (TPSA) is 23.5 Å². The van der Waals surface area contributed by atoms with E-state index in [1.807, 2.05) is 24.3 Å². The van der Waals surface area contributed by atoms with E-state index >= 15 is 0 Å². The van der Waals surface area contributed by atoms with Gasteiger partial charge in [0.2, 0.25) is 0 Å².